The Morgan fingerprint density at radius 1 is 0.778 bits per heavy atom. The minimum Gasteiger partial charge on any atom is -0.497 e. The van der Waals surface area contributed by atoms with Crippen molar-refractivity contribution in [2.75, 3.05) is 81.5 Å². The molecule has 0 saturated carbocycles. The van der Waals surface area contributed by atoms with Crippen molar-refractivity contribution in [2.45, 2.75) is 0 Å². The lowest BCUT2D eigenvalue weighted by atomic mass is 10.1. The number of amides is 4. The Balaban J connectivity index is 1.28. The van der Waals surface area contributed by atoms with E-state index in [1.54, 1.807) is 42.5 Å². The van der Waals surface area contributed by atoms with Crippen LogP contribution in [0.25, 0.3) is 6.08 Å². The molecule has 15 heteroatoms. The molecule has 4 amide bonds. The van der Waals surface area contributed by atoms with E-state index in [0.717, 1.165) is 4.90 Å². The van der Waals surface area contributed by atoms with Gasteiger partial charge in [-0.25, -0.2) is 9.69 Å². The molecule has 6 rings (SSSR count). The molecule has 0 unspecified atom stereocenters. The van der Waals surface area contributed by atoms with E-state index in [1.165, 1.54) is 20.3 Å². The van der Waals surface area contributed by atoms with Crippen LogP contribution in [-0.4, -0.2) is 99.6 Å². The molecular formula is C30H31N7O8. The van der Waals surface area contributed by atoms with Crippen LogP contribution in [0.5, 0.6) is 23.3 Å². The summed E-state index contributed by atoms with van der Waals surface area (Å²) in [6, 6.07) is 10.4. The standard InChI is InChI=1S/C30H31N7O8/c1-41-21-6-4-20(5-7-21)37-26(39)22(25(38)31-30(37)40)17-19-3-8-23(24(18-19)42-2)45-29-33-27(35-9-13-43-14-10-35)32-28(34-29)36-11-15-44-16-12-36/h3-8,17-18H,9-16H2,1-2H3,(H,31,38,40)/b22-17-. The second-order valence-corrected chi connectivity index (χ2v) is 10.1. The maximum Gasteiger partial charge on any atom is 0.335 e. The van der Waals surface area contributed by atoms with Gasteiger partial charge in [-0.1, -0.05) is 6.07 Å². The zero-order valence-corrected chi connectivity index (χ0v) is 24.7. The zero-order valence-electron chi connectivity index (χ0n) is 24.7. The number of rotatable bonds is 8. The van der Waals surface area contributed by atoms with Crippen molar-refractivity contribution < 1.29 is 38.1 Å². The normalized spacial score (nSPS) is 18.2. The highest BCUT2D eigenvalue weighted by Crippen LogP contribution is 2.33. The van der Waals surface area contributed by atoms with Gasteiger partial charge in [0.25, 0.3) is 11.8 Å². The number of carbonyl (C=O) groups is 3. The minimum atomic E-state index is -0.848. The van der Waals surface area contributed by atoms with Gasteiger partial charge in [-0.15, -0.1) is 0 Å². The summed E-state index contributed by atoms with van der Waals surface area (Å²) in [5.41, 5.74) is 0.507. The fraction of sp³-hybridized carbons (Fsp3) is 0.333. The molecule has 15 nitrogen and oxygen atoms in total. The van der Waals surface area contributed by atoms with Crippen molar-refractivity contribution in [3.8, 4) is 23.3 Å². The quantitative estimate of drug-likeness (QED) is 0.289. The highest BCUT2D eigenvalue weighted by atomic mass is 16.5. The van der Waals surface area contributed by atoms with E-state index in [1.807, 2.05) is 9.80 Å². The molecule has 0 spiro atoms. The van der Waals surface area contributed by atoms with Crippen LogP contribution in [-0.2, 0) is 19.1 Å². The third kappa shape index (κ3) is 6.49. The minimum absolute atomic E-state index is 0.0767. The molecule has 4 heterocycles. The number of anilines is 3. The summed E-state index contributed by atoms with van der Waals surface area (Å²) in [5, 5.41) is 2.22. The van der Waals surface area contributed by atoms with Crippen LogP contribution in [0.4, 0.5) is 22.4 Å². The van der Waals surface area contributed by atoms with Crippen LogP contribution < -0.4 is 34.2 Å². The van der Waals surface area contributed by atoms with E-state index in [0.29, 0.717) is 87.3 Å². The predicted molar refractivity (Wildman–Crippen MR) is 161 cm³/mol. The van der Waals surface area contributed by atoms with Gasteiger partial charge in [-0.2, -0.15) is 15.0 Å². The van der Waals surface area contributed by atoms with Gasteiger partial charge in [-0.05, 0) is 48.0 Å². The van der Waals surface area contributed by atoms with E-state index in [-0.39, 0.29) is 17.3 Å². The lowest BCUT2D eigenvalue weighted by Crippen LogP contribution is -2.54. The van der Waals surface area contributed by atoms with Gasteiger partial charge in [-0.3, -0.25) is 14.9 Å². The Morgan fingerprint density at radius 3 is 1.98 bits per heavy atom. The number of hydrogen-bond donors (Lipinski definition) is 1. The Labute approximate surface area is 258 Å². The van der Waals surface area contributed by atoms with Gasteiger partial charge in [0.05, 0.1) is 46.3 Å². The van der Waals surface area contributed by atoms with Crippen LogP contribution in [0.3, 0.4) is 0 Å². The summed E-state index contributed by atoms with van der Waals surface area (Å²) in [6.45, 7) is 4.77. The fourth-order valence-electron chi connectivity index (χ4n) is 4.94. The highest BCUT2D eigenvalue weighted by Gasteiger charge is 2.37. The molecule has 3 saturated heterocycles. The molecule has 3 aliphatic heterocycles. The van der Waals surface area contributed by atoms with Crippen molar-refractivity contribution in [3.63, 3.8) is 0 Å². The third-order valence-electron chi connectivity index (χ3n) is 7.31. The van der Waals surface area contributed by atoms with E-state index in [4.69, 9.17) is 28.7 Å². The lowest BCUT2D eigenvalue weighted by Gasteiger charge is -2.30. The van der Waals surface area contributed by atoms with Gasteiger partial charge < -0.3 is 33.5 Å². The average Bonchev–Trinajstić information content (AvgIpc) is 3.08. The molecule has 3 aromatic rings. The number of nitrogens with zero attached hydrogens (tertiary/aromatic N) is 6. The van der Waals surface area contributed by atoms with Crippen LogP contribution in [0.15, 0.2) is 48.0 Å². The number of carbonyl (C=O) groups excluding carboxylic acids is 3. The number of ether oxygens (including phenoxy) is 5. The van der Waals surface area contributed by atoms with E-state index in [2.05, 4.69) is 15.3 Å². The number of nitrogens with one attached hydrogen (secondary N) is 1. The molecule has 0 atom stereocenters. The molecule has 234 valence electrons. The van der Waals surface area contributed by atoms with Crippen molar-refractivity contribution in [1.82, 2.24) is 20.3 Å². The Hall–Kier alpha value is -5.28. The first-order valence-corrected chi connectivity index (χ1v) is 14.3. The number of morpholine rings is 2. The third-order valence-corrected chi connectivity index (χ3v) is 7.31. The largest absolute Gasteiger partial charge is 0.497 e. The molecule has 1 aromatic heterocycles. The first-order chi connectivity index (χ1) is 21.9. The number of aromatic nitrogens is 3. The van der Waals surface area contributed by atoms with Crippen LogP contribution >= 0.6 is 0 Å². The molecule has 45 heavy (non-hydrogen) atoms. The number of hydrogen-bond acceptors (Lipinski definition) is 13. The molecule has 1 N–H and O–H groups in total. The predicted octanol–water partition coefficient (Wildman–Crippen LogP) is 2.02. The molecule has 3 aliphatic rings. The zero-order chi connectivity index (χ0) is 31.3. The summed E-state index contributed by atoms with van der Waals surface area (Å²) in [7, 11) is 2.97. The molecule has 0 bridgehead atoms. The van der Waals surface area contributed by atoms with Gasteiger partial charge >= 0.3 is 12.0 Å². The van der Waals surface area contributed by atoms with Gasteiger partial charge in [0.1, 0.15) is 11.3 Å². The summed E-state index contributed by atoms with van der Waals surface area (Å²) in [4.78, 5) is 57.4. The molecular weight excluding hydrogens is 586 g/mol. The number of urea groups is 1. The first-order valence-electron chi connectivity index (χ1n) is 14.3. The number of barbiturate groups is 1. The van der Waals surface area contributed by atoms with Gasteiger partial charge in [0.2, 0.25) is 11.9 Å². The summed E-state index contributed by atoms with van der Waals surface area (Å²) in [6.07, 6.45) is 1.38. The number of methoxy groups -OCH3 is 2. The molecule has 3 fully saturated rings. The van der Waals surface area contributed by atoms with E-state index in [9.17, 15) is 14.4 Å². The fourth-order valence-corrected chi connectivity index (χ4v) is 4.94. The monoisotopic (exact) mass is 617 g/mol. The van der Waals surface area contributed by atoms with Crippen LogP contribution in [0.1, 0.15) is 5.56 Å². The first kappa shape index (κ1) is 29.8. The average molecular weight is 618 g/mol. The number of imide groups is 2. The topological polar surface area (TPSA) is 158 Å². The van der Waals surface area contributed by atoms with Crippen molar-refractivity contribution in [3.05, 3.63) is 53.6 Å². The molecule has 2 aromatic carbocycles. The maximum absolute atomic E-state index is 13.3. The maximum atomic E-state index is 13.3. The van der Waals surface area contributed by atoms with Crippen molar-refractivity contribution in [1.29, 1.82) is 0 Å². The summed E-state index contributed by atoms with van der Waals surface area (Å²) in [5.74, 6) is 0.524. The second kappa shape index (κ2) is 13.2. The van der Waals surface area contributed by atoms with Crippen LogP contribution in [0.2, 0.25) is 0 Å². The highest BCUT2D eigenvalue weighted by molar-refractivity contribution is 6.39. The SMILES string of the molecule is COc1ccc(N2C(=O)NC(=O)/C(=C/c3ccc(Oc4nc(N5CCOCC5)nc(N5CCOCC5)n4)c(OC)c3)C2=O)cc1. The Bertz CT molecular complexity index is 1580. The Kier molecular flexibility index (Phi) is 8.70. The van der Waals surface area contributed by atoms with Gasteiger partial charge in [0.15, 0.2) is 11.5 Å². The lowest BCUT2D eigenvalue weighted by molar-refractivity contribution is -0.122. The smallest absolute Gasteiger partial charge is 0.335 e. The number of benzene rings is 2. The van der Waals surface area contributed by atoms with Crippen LogP contribution in [0, 0.1) is 0 Å². The molecule has 0 radical (unpaired) electrons. The second-order valence-electron chi connectivity index (χ2n) is 10.1. The van der Waals surface area contributed by atoms with E-state index >= 15 is 0 Å². The van der Waals surface area contributed by atoms with Crippen molar-refractivity contribution >= 4 is 41.5 Å². The van der Waals surface area contributed by atoms with Crippen molar-refractivity contribution in [2.24, 2.45) is 0 Å². The Morgan fingerprint density at radius 2 is 1.40 bits per heavy atom. The summed E-state index contributed by atoms with van der Waals surface area (Å²) < 4.78 is 27.8. The van der Waals surface area contributed by atoms with E-state index < -0.39 is 17.8 Å². The summed E-state index contributed by atoms with van der Waals surface area (Å²) >= 11 is 0. The molecule has 0 aliphatic carbocycles. The van der Waals surface area contributed by atoms with Gasteiger partial charge in [0, 0.05) is 26.2 Å².